The number of H-pyrrole nitrogens is 1. The second-order valence-electron chi connectivity index (χ2n) is 7.15. The van der Waals surface area contributed by atoms with E-state index in [1.54, 1.807) is 16.9 Å². The van der Waals surface area contributed by atoms with Crippen molar-refractivity contribution in [3.05, 3.63) is 42.0 Å². The van der Waals surface area contributed by atoms with Crippen LogP contribution in [0.3, 0.4) is 0 Å². The maximum Gasteiger partial charge on any atom is 0.339 e. The SMILES string of the molecule is O=C(O)c1c[nH]c2ncc(-c3nn(CCN4CCOCC4)c4cc(F)ccc34)nc12. The Morgan fingerprint density at radius 3 is 2.90 bits per heavy atom. The van der Waals surface area contributed by atoms with Crippen LogP contribution in [0.5, 0.6) is 0 Å². The zero-order valence-corrected chi connectivity index (χ0v) is 16.0. The minimum absolute atomic E-state index is 0.0430. The lowest BCUT2D eigenvalue weighted by Gasteiger charge is -2.26. The van der Waals surface area contributed by atoms with Crippen LogP contribution in [0.4, 0.5) is 4.39 Å². The Bertz CT molecular complexity index is 1240. The molecule has 0 spiro atoms. The topological polar surface area (TPSA) is 109 Å². The number of aromatic nitrogens is 5. The quantitative estimate of drug-likeness (QED) is 0.519. The van der Waals surface area contributed by atoms with Crippen LogP contribution in [0.2, 0.25) is 0 Å². The number of carboxylic acid groups (broad SMARTS) is 1. The van der Waals surface area contributed by atoms with E-state index < -0.39 is 5.97 Å². The molecule has 1 saturated heterocycles. The third-order valence-corrected chi connectivity index (χ3v) is 5.30. The van der Waals surface area contributed by atoms with Crippen LogP contribution in [0.25, 0.3) is 33.5 Å². The van der Waals surface area contributed by atoms with Gasteiger partial charge >= 0.3 is 5.97 Å². The first-order valence-electron chi connectivity index (χ1n) is 9.64. The molecule has 0 amide bonds. The van der Waals surface area contributed by atoms with Crippen molar-refractivity contribution in [1.82, 2.24) is 29.6 Å². The van der Waals surface area contributed by atoms with Crippen molar-refractivity contribution in [1.29, 1.82) is 0 Å². The van der Waals surface area contributed by atoms with Crippen molar-refractivity contribution >= 4 is 28.0 Å². The highest BCUT2D eigenvalue weighted by Gasteiger charge is 2.19. The lowest BCUT2D eigenvalue weighted by atomic mass is 10.1. The van der Waals surface area contributed by atoms with E-state index in [0.717, 1.165) is 25.0 Å². The fourth-order valence-electron chi connectivity index (χ4n) is 3.74. The molecule has 30 heavy (non-hydrogen) atoms. The minimum Gasteiger partial charge on any atom is -0.478 e. The molecule has 0 bridgehead atoms. The first kappa shape index (κ1) is 18.6. The van der Waals surface area contributed by atoms with Gasteiger partial charge in [0.25, 0.3) is 0 Å². The van der Waals surface area contributed by atoms with Crippen molar-refractivity contribution in [2.75, 3.05) is 32.8 Å². The van der Waals surface area contributed by atoms with Gasteiger partial charge in [-0.15, -0.1) is 0 Å². The summed E-state index contributed by atoms with van der Waals surface area (Å²) < 4.78 is 21.1. The van der Waals surface area contributed by atoms with E-state index in [1.165, 1.54) is 18.3 Å². The number of morpholine rings is 1. The molecule has 3 aromatic heterocycles. The molecule has 154 valence electrons. The number of nitrogens with one attached hydrogen (secondary N) is 1. The van der Waals surface area contributed by atoms with E-state index in [2.05, 4.69) is 25.0 Å². The Hall–Kier alpha value is -3.37. The summed E-state index contributed by atoms with van der Waals surface area (Å²) in [7, 11) is 0. The summed E-state index contributed by atoms with van der Waals surface area (Å²) in [5.74, 6) is -1.43. The van der Waals surface area contributed by atoms with Gasteiger partial charge in [0.2, 0.25) is 0 Å². The lowest BCUT2D eigenvalue weighted by molar-refractivity contribution is 0.0361. The number of fused-ring (bicyclic) bond motifs is 2. The molecular formula is C20H19FN6O3. The molecule has 0 aliphatic carbocycles. The minimum atomic E-state index is -1.09. The number of hydrogen-bond donors (Lipinski definition) is 2. The third-order valence-electron chi connectivity index (χ3n) is 5.30. The van der Waals surface area contributed by atoms with E-state index >= 15 is 0 Å². The van der Waals surface area contributed by atoms with Crippen LogP contribution in [0, 0.1) is 5.82 Å². The molecule has 0 radical (unpaired) electrons. The monoisotopic (exact) mass is 410 g/mol. The normalized spacial score (nSPS) is 15.2. The van der Waals surface area contributed by atoms with Crippen molar-refractivity contribution in [2.45, 2.75) is 6.54 Å². The number of rotatable bonds is 5. The molecule has 1 aliphatic heterocycles. The molecule has 1 aliphatic rings. The zero-order valence-electron chi connectivity index (χ0n) is 16.0. The van der Waals surface area contributed by atoms with Gasteiger partial charge in [-0.3, -0.25) is 9.58 Å². The predicted molar refractivity (Wildman–Crippen MR) is 107 cm³/mol. The number of aromatic amines is 1. The summed E-state index contributed by atoms with van der Waals surface area (Å²) in [6.45, 7) is 4.47. The number of hydrogen-bond acceptors (Lipinski definition) is 6. The summed E-state index contributed by atoms with van der Waals surface area (Å²) >= 11 is 0. The Labute approximate surface area is 170 Å². The number of nitrogens with zero attached hydrogens (tertiary/aromatic N) is 5. The number of carboxylic acids is 1. The standard InChI is InChI=1S/C20H19FN6O3/c21-12-1-2-13-16(9-12)27(4-3-26-5-7-30-8-6-26)25-17(13)15-11-23-19-18(24-15)14(10-22-19)20(28)29/h1-2,9-11H,3-8H2,(H,22,23)(H,28,29). The number of halogens is 1. The summed E-state index contributed by atoms with van der Waals surface area (Å²) in [4.78, 5) is 25.3. The molecule has 4 aromatic rings. The van der Waals surface area contributed by atoms with Gasteiger partial charge in [-0.1, -0.05) is 0 Å². The van der Waals surface area contributed by atoms with Crippen LogP contribution < -0.4 is 0 Å². The van der Waals surface area contributed by atoms with Gasteiger partial charge in [0.05, 0.1) is 31.5 Å². The van der Waals surface area contributed by atoms with E-state index in [0.29, 0.717) is 42.3 Å². The van der Waals surface area contributed by atoms with Gasteiger partial charge < -0.3 is 14.8 Å². The highest BCUT2D eigenvalue weighted by Crippen LogP contribution is 2.28. The summed E-state index contributed by atoms with van der Waals surface area (Å²) in [5.41, 5.74) is 2.33. The molecule has 4 heterocycles. The predicted octanol–water partition coefficient (Wildman–Crippen LogP) is 2.14. The Balaban J connectivity index is 1.56. The van der Waals surface area contributed by atoms with Gasteiger partial charge in [0.15, 0.2) is 5.65 Å². The second-order valence-corrected chi connectivity index (χ2v) is 7.15. The average molecular weight is 410 g/mol. The fourth-order valence-corrected chi connectivity index (χ4v) is 3.74. The van der Waals surface area contributed by atoms with Crippen molar-refractivity contribution < 1.29 is 19.0 Å². The van der Waals surface area contributed by atoms with Gasteiger partial charge in [-0.2, -0.15) is 5.10 Å². The first-order valence-corrected chi connectivity index (χ1v) is 9.64. The molecule has 10 heteroatoms. The number of carbonyl (C=O) groups is 1. The zero-order chi connectivity index (χ0) is 20.7. The van der Waals surface area contributed by atoms with Gasteiger partial charge in [-0.25, -0.2) is 19.2 Å². The molecule has 2 N–H and O–H groups in total. The van der Waals surface area contributed by atoms with Crippen LogP contribution in [-0.2, 0) is 11.3 Å². The van der Waals surface area contributed by atoms with Crippen molar-refractivity contribution in [3.8, 4) is 11.4 Å². The third kappa shape index (κ3) is 3.29. The maximum atomic E-state index is 14.0. The highest BCUT2D eigenvalue weighted by atomic mass is 19.1. The Morgan fingerprint density at radius 2 is 2.10 bits per heavy atom. The van der Waals surface area contributed by atoms with Crippen molar-refractivity contribution in [3.63, 3.8) is 0 Å². The molecule has 0 unspecified atom stereocenters. The van der Waals surface area contributed by atoms with Crippen LogP contribution >= 0.6 is 0 Å². The smallest absolute Gasteiger partial charge is 0.339 e. The van der Waals surface area contributed by atoms with E-state index in [9.17, 15) is 14.3 Å². The number of benzene rings is 1. The van der Waals surface area contributed by atoms with Crippen LogP contribution in [0.1, 0.15) is 10.4 Å². The molecule has 1 fully saturated rings. The fraction of sp³-hybridized carbons (Fsp3) is 0.300. The van der Waals surface area contributed by atoms with E-state index in [4.69, 9.17) is 4.74 Å². The van der Waals surface area contributed by atoms with Crippen LogP contribution in [0.15, 0.2) is 30.6 Å². The molecule has 5 rings (SSSR count). The van der Waals surface area contributed by atoms with Crippen LogP contribution in [-0.4, -0.2) is 73.6 Å². The van der Waals surface area contributed by atoms with E-state index in [1.807, 2.05) is 0 Å². The number of aromatic carboxylic acids is 1. The second kappa shape index (κ2) is 7.47. The Kier molecular flexibility index (Phi) is 4.64. The highest BCUT2D eigenvalue weighted by molar-refractivity contribution is 6.01. The van der Waals surface area contributed by atoms with Gasteiger partial charge in [-0.05, 0) is 18.2 Å². The lowest BCUT2D eigenvalue weighted by Crippen LogP contribution is -2.38. The average Bonchev–Trinajstić information content (AvgIpc) is 3.34. The molecular weight excluding hydrogens is 391 g/mol. The molecule has 9 nitrogen and oxygen atoms in total. The Morgan fingerprint density at radius 1 is 1.27 bits per heavy atom. The summed E-state index contributed by atoms with van der Waals surface area (Å²) in [6.07, 6.45) is 2.91. The maximum absolute atomic E-state index is 14.0. The molecule has 0 saturated carbocycles. The van der Waals surface area contributed by atoms with Gasteiger partial charge in [0.1, 0.15) is 28.3 Å². The van der Waals surface area contributed by atoms with E-state index in [-0.39, 0.29) is 16.9 Å². The summed E-state index contributed by atoms with van der Waals surface area (Å²) in [5, 5.41) is 14.8. The van der Waals surface area contributed by atoms with Gasteiger partial charge in [0, 0.05) is 31.2 Å². The largest absolute Gasteiger partial charge is 0.478 e. The molecule has 1 aromatic carbocycles. The molecule has 0 atom stereocenters. The van der Waals surface area contributed by atoms with Crippen molar-refractivity contribution in [2.24, 2.45) is 0 Å². The summed E-state index contributed by atoms with van der Waals surface area (Å²) in [6, 6.07) is 4.50. The number of ether oxygens (including phenoxy) is 1. The first-order chi connectivity index (χ1) is 14.6.